The number of hydrogen-bond acceptors (Lipinski definition) is 6. The molecule has 0 aliphatic carbocycles. The van der Waals surface area contributed by atoms with E-state index in [0.29, 0.717) is 18.8 Å². The number of hydrogen-bond donors (Lipinski definition) is 1. The molecule has 3 rings (SSSR count). The number of aromatic nitrogens is 4. The molecule has 0 spiro atoms. The average Bonchev–Trinajstić information content (AvgIpc) is 3.00. The first-order valence-corrected chi connectivity index (χ1v) is 8.30. The third kappa shape index (κ3) is 2.72. The fourth-order valence-electron chi connectivity index (χ4n) is 2.35. The summed E-state index contributed by atoms with van der Waals surface area (Å²) in [5.74, 6) is 0.262. The number of tetrazole rings is 1. The second-order valence-corrected chi connectivity index (χ2v) is 6.74. The van der Waals surface area contributed by atoms with Crippen LogP contribution in [0.1, 0.15) is 12.0 Å². The molecule has 21 heavy (non-hydrogen) atoms. The molecular formula is C13H14N4O3S. The van der Waals surface area contributed by atoms with Crippen molar-refractivity contribution in [2.75, 3.05) is 19.5 Å². The minimum Gasteiger partial charge on any atom is -0.376 e. The fraction of sp³-hybridized carbons (Fsp3) is 0.308. The molecule has 0 atom stereocenters. The number of nitrogens with zero attached hydrogens (tertiary/aromatic N) is 3. The minimum atomic E-state index is -3.41. The molecule has 1 N–H and O–H groups in total. The predicted octanol–water partition coefficient (Wildman–Crippen LogP) is 1.07. The van der Waals surface area contributed by atoms with Gasteiger partial charge in [0, 0.05) is 11.8 Å². The summed E-state index contributed by atoms with van der Waals surface area (Å²) in [6, 6.07) is 5.11. The average molecular weight is 306 g/mol. The number of ether oxygens (including phenoxy) is 1. The van der Waals surface area contributed by atoms with Crippen LogP contribution in [0.4, 0.5) is 0 Å². The van der Waals surface area contributed by atoms with Crippen molar-refractivity contribution >= 4 is 15.4 Å². The quantitative estimate of drug-likeness (QED) is 0.911. The minimum absolute atomic E-state index is 0.188. The lowest BCUT2D eigenvalue weighted by Crippen LogP contribution is -2.09. The zero-order valence-electron chi connectivity index (χ0n) is 11.4. The van der Waals surface area contributed by atoms with E-state index in [1.54, 1.807) is 12.1 Å². The number of nitrogens with one attached hydrogen (secondary N) is 1. The van der Waals surface area contributed by atoms with Gasteiger partial charge in [0.25, 0.3) is 0 Å². The molecular weight excluding hydrogens is 292 g/mol. The van der Waals surface area contributed by atoms with Gasteiger partial charge in [0.15, 0.2) is 9.84 Å². The van der Waals surface area contributed by atoms with Crippen LogP contribution in [0.15, 0.2) is 29.2 Å². The Morgan fingerprint density at radius 1 is 1.33 bits per heavy atom. The zero-order chi connectivity index (χ0) is 14.9. The summed E-state index contributed by atoms with van der Waals surface area (Å²) in [4.78, 5) is 0.188. The molecule has 1 aliphatic heterocycles. The maximum atomic E-state index is 12.0. The van der Waals surface area contributed by atoms with Gasteiger partial charge in [-0.25, -0.2) is 8.42 Å². The van der Waals surface area contributed by atoms with Crippen LogP contribution in [0.25, 0.3) is 17.0 Å². The highest BCUT2D eigenvalue weighted by molar-refractivity contribution is 7.90. The van der Waals surface area contributed by atoms with Crippen LogP contribution in [0.3, 0.4) is 0 Å². The third-order valence-corrected chi connectivity index (χ3v) is 4.39. The van der Waals surface area contributed by atoms with Crippen molar-refractivity contribution in [2.24, 2.45) is 0 Å². The maximum Gasteiger partial charge on any atom is 0.206 e. The van der Waals surface area contributed by atoms with Crippen LogP contribution in [0, 0.1) is 0 Å². The SMILES string of the molecule is CS(=O)(=O)c1cccc(C2=CCCOC2)c1-c1nn[nH]n1. The largest absolute Gasteiger partial charge is 0.376 e. The summed E-state index contributed by atoms with van der Waals surface area (Å²) < 4.78 is 29.5. The van der Waals surface area contributed by atoms with Crippen LogP contribution in [-0.4, -0.2) is 48.5 Å². The molecule has 8 heteroatoms. The van der Waals surface area contributed by atoms with Crippen molar-refractivity contribution in [3.8, 4) is 11.4 Å². The van der Waals surface area contributed by atoms with Crippen LogP contribution >= 0.6 is 0 Å². The number of rotatable bonds is 3. The van der Waals surface area contributed by atoms with Crippen molar-refractivity contribution in [1.29, 1.82) is 0 Å². The van der Waals surface area contributed by atoms with Crippen molar-refractivity contribution < 1.29 is 13.2 Å². The molecule has 2 aromatic rings. The molecule has 0 unspecified atom stereocenters. The van der Waals surface area contributed by atoms with E-state index in [9.17, 15) is 8.42 Å². The number of H-pyrrole nitrogens is 1. The van der Waals surface area contributed by atoms with Gasteiger partial charge in [-0.1, -0.05) is 18.2 Å². The summed E-state index contributed by atoms with van der Waals surface area (Å²) in [6.07, 6.45) is 4.01. The Hall–Kier alpha value is -2.06. The highest BCUT2D eigenvalue weighted by atomic mass is 32.2. The lowest BCUT2D eigenvalue weighted by molar-refractivity contribution is 0.164. The predicted molar refractivity (Wildman–Crippen MR) is 76.1 cm³/mol. The highest BCUT2D eigenvalue weighted by Crippen LogP contribution is 2.33. The van der Waals surface area contributed by atoms with Gasteiger partial charge in [-0.2, -0.15) is 5.21 Å². The normalized spacial score (nSPS) is 15.8. The van der Waals surface area contributed by atoms with Gasteiger partial charge in [0.1, 0.15) is 0 Å². The van der Waals surface area contributed by atoms with E-state index in [0.717, 1.165) is 17.6 Å². The molecule has 0 amide bonds. The van der Waals surface area contributed by atoms with Gasteiger partial charge >= 0.3 is 0 Å². The Bertz CT molecular complexity index is 782. The summed E-state index contributed by atoms with van der Waals surface area (Å²) in [6.45, 7) is 1.12. The molecule has 1 aromatic heterocycles. The Balaban J connectivity index is 2.28. The summed E-state index contributed by atoms with van der Waals surface area (Å²) in [5, 5.41) is 13.8. The first-order valence-electron chi connectivity index (χ1n) is 6.41. The molecule has 0 fully saturated rings. The van der Waals surface area contributed by atoms with E-state index in [2.05, 4.69) is 26.7 Å². The zero-order valence-corrected chi connectivity index (χ0v) is 12.2. The van der Waals surface area contributed by atoms with Crippen molar-refractivity contribution in [2.45, 2.75) is 11.3 Å². The van der Waals surface area contributed by atoms with E-state index in [1.807, 2.05) is 6.07 Å². The topological polar surface area (TPSA) is 97.8 Å². The van der Waals surface area contributed by atoms with E-state index in [-0.39, 0.29) is 10.7 Å². The lowest BCUT2D eigenvalue weighted by Gasteiger charge is -2.17. The Morgan fingerprint density at radius 2 is 2.19 bits per heavy atom. The highest BCUT2D eigenvalue weighted by Gasteiger charge is 2.23. The molecule has 0 bridgehead atoms. The summed E-state index contributed by atoms with van der Waals surface area (Å²) in [5.41, 5.74) is 2.16. The molecule has 7 nitrogen and oxygen atoms in total. The molecule has 110 valence electrons. The molecule has 0 radical (unpaired) electrons. The first-order chi connectivity index (χ1) is 10.1. The lowest BCUT2D eigenvalue weighted by atomic mass is 9.98. The van der Waals surface area contributed by atoms with E-state index in [4.69, 9.17) is 4.74 Å². The van der Waals surface area contributed by atoms with Gasteiger partial charge in [-0.15, -0.1) is 10.2 Å². The Labute approximate surface area is 121 Å². The maximum absolute atomic E-state index is 12.0. The van der Waals surface area contributed by atoms with Gasteiger partial charge < -0.3 is 4.74 Å². The monoisotopic (exact) mass is 306 g/mol. The van der Waals surface area contributed by atoms with Crippen LogP contribution in [0.2, 0.25) is 0 Å². The number of aromatic amines is 1. The third-order valence-electron chi connectivity index (χ3n) is 3.25. The van der Waals surface area contributed by atoms with Crippen LogP contribution in [0.5, 0.6) is 0 Å². The van der Waals surface area contributed by atoms with Gasteiger partial charge in [0.05, 0.1) is 18.1 Å². The van der Waals surface area contributed by atoms with Gasteiger partial charge in [-0.3, -0.25) is 0 Å². The van der Waals surface area contributed by atoms with Crippen molar-refractivity contribution in [3.63, 3.8) is 0 Å². The van der Waals surface area contributed by atoms with E-state index < -0.39 is 9.84 Å². The van der Waals surface area contributed by atoms with Crippen LogP contribution < -0.4 is 0 Å². The van der Waals surface area contributed by atoms with Crippen molar-refractivity contribution in [3.05, 3.63) is 29.8 Å². The fourth-order valence-corrected chi connectivity index (χ4v) is 3.25. The molecule has 1 aromatic carbocycles. The van der Waals surface area contributed by atoms with Gasteiger partial charge in [-0.05, 0) is 28.8 Å². The summed E-state index contributed by atoms with van der Waals surface area (Å²) in [7, 11) is -3.41. The molecule has 0 saturated heterocycles. The second kappa shape index (κ2) is 5.38. The number of benzene rings is 1. The molecule has 1 aliphatic rings. The molecule has 2 heterocycles. The second-order valence-electron chi connectivity index (χ2n) is 4.76. The summed E-state index contributed by atoms with van der Waals surface area (Å²) >= 11 is 0. The smallest absolute Gasteiger partial charge is 0.206 e. The van der Waals surface area contributed by atoms with E-state index in [1.165, 1.54) is 6.26 Å². The van der Waals surface area contributed by atoms with E-state index >= 15 is 0 Å². The molecule has 0 saturated carbocycles. The Kier molecular flexibility index (Phi) is 3.56. The standard InChI is InChI=1S/C13H14N4O3S/c1-21(18,19)11-6-2-5-10(9-4-3-7-20-8-9)12(11)13-14-16-17-15-13/h2,4-6H,3,7-8H2,1H3,(H,14,15,16,17). The van der Waals surface area contributed by atoms with Gasteiger partial charge in [0.2, 0.25) is 5.82 Å². The Morgan fingerprint density at radius 3 is 2.81 bits per heavy atom. The first kappa shape index (κ1) is 13.9. The number of sulfone groups is 1. The van der Waals surface area contributed by atoms with Crippen LogP contribution in [-0.2, 0) is 14.6 Å². The van der Waals surface area contributed by atoms with Crippen molar-refractivity contribution in [1.82, 2.24) is 20.6 Å².